The molecule has 2 heterocycles. The number of likely N-dealkylation sites (N-methyl/N-ethyl adjacent to an activating group) is 1. The van der Waals surface area contributed by atoms with Crippen LogP contribution in [0.3, 0.4) is 0 Å². The summed E-state index contributed by atoms with van der Waals surface area (Å²) in [5.41, 5.74) is 9.58. The first-order valence-electron chi connectivity index (χ1n) is 12.6. The van der Waals surface area contributed by atoms with Gasteiger partial charge in [-0.15, -0.1) is 0 Å². The van der Waals surface area contributed by atoms with E-state index < -0.39 is 17.5 Å². The van der Waals surface area contributed by atoms with E-state index in [-0.39, 0.29) is 41.6 Å². The van der Waals surface area contributed by atoms with Gasteiger partial charge < -0.3 is 15.5 Å². The summed E-state index contributed by atoms with van der Waals surface area (Å²) in [5.74, 6) is 4.29. The van der Waals surface area contributed by atoms with E-state index in [9.17, 15) is 9.59 Å². The van der Waals surface area contributed by atoms with Crippen LogP contribution in [0.1, 0.15) is 51.4 Å². The first-order valence-corrected chi connectivity index (χ1v) is 12.6. The summed E-state index contributed by atoms with van der Waals surface area (Å²) in [5, 5.41) is 0. The minimum Gasteiger partial charge on any atom is -0.383 e. The van der Waals surface area contributed by atoms with Crippen LogP contribution in [0.4, 0.5) is 20.3 Å². The lowest BCUT2D eigenvalue weighted by atomic mass is 9.93. The quantitative estimate of drug-likeness (QED) is 0.393. The molecule has 198 valence electrons. The summed E-state index contributed by atoms with van der Waals surface area (Å²) in [4.78, 5) is 36.4. The van der Waals surface area contributed by atoms with Crippen molar-refractivity contribution in [2.45, 2.75) is 32.1 Å². The highest BCUT2D eigenvalue weighted by Gasteiger charge is 2.33. The molecule has 0 unspecified atom stereocenters. The third-order valence-electron chi connectivity index (χ3n) is 7.15. The molecular weight excluding hydrogens is 500 g/mol. The SMILES string of the molecule is C=CC(=O)N(C)CC#Cc1c(N)ncnc1-c1cc(F)cc(N2CCc3cc(C4CC4)cc(F)c3C2=O)c1C. The van der Waals surface area contributed by atoms with Crippen molar-refractivity contribution < 1.29 is 18.4 Å². The number of hydrogen-bond donors (Lipinski definition) is 1. The molecule has 2 N–H and O–H groups in total. The predicted molar refractivity (Wildman–Crippen MR) is 145 cm³/mol. The van der Waals surface area contributed by atoms with Crippen LogP contribution in [0.5, 0.6) is 0 Å². The fourth-order valence-corrected chi connectivity index (χ4v) is 4.87. The summed E-state index contributed by atoms with van der Waals surface area (Å²) >= 11 is 0. The first kappa shape index (κ1) is 26.0. The molecule has 1 fully saturated rings. The lowest BCUT2D eigenvalue weighted by molar-refractivity contribution is -0.124. The molecule has 0 saturated heterocycles. The number of halogens is 2. The molecule has 1 aliphatic heterocycles. The third-order valence-corrected chi connectivity index (χ3v) is 7.15. The molecule has 1 aliphatic carbocycles. The number of carbonyl (C=O) groups excluding carboxylic acids is 2. The van der Waals surface area contributed by atoms with E-state index in [1.165, 1.54) is 40.4 Å². The van der Waals surface area contributed by atoms with E-state index >= 15 is 8.78 Å². The van der Waals surface area contributed by atoms with Crippen molar-refractivity contribution in [3.8, 4) is 23.1 Å². The van der Waals surface area contributed by atoms with Crippen molar-refractivity contribution in [3.05, 3.63) is 82.7 Å². The van der Waals surface area contributed by atoms with Crippen molar-refractivity contribution in [2.24, 2.45) is 0 Å². The van der Waals surface area contributed by atoms with E-state index in [1.54, 1.807) is 14.0 Å². The first-order chi connectivity index (χ1) is 18.7. The molecule has 0 atom stereocenters. The Balaban J connectivity index is 1.53. The van der Waals surface area contributed by atoms with Gasteiger partial charge >= 0.3 is 0 Å². The van der Waals surface area contributed by atoms with E-state index in [0.717, 1.165) is 18.4 Å². The zero-order chi connectivity index (χ0) is 27.8. The number of nitrogens with zero attached hydrogens (tertiary/aromatic N) is 4. The van der Waals surface area contributed by atoms with Crippen LogP contribution in [-0.2, 0) is 11.2 Å². The van der Waals surface area contributed by atoms with Crippen LogP contribution in [0.15, 0.2) is 43.2 Å². The molecule has 5 rings (SSSR count). The van der Waals surface area contributed by atoms with Gasteiger partial charge in [0.2, 0.25) is 5.91 Å². The number of nitrogen functional groups attached to an aromatic ring is 1. The van der Waals surface area contributed by atoms with Gasteiger partial charge in [0, 0.05) is 19.2 Å². The van der Waals surface area contributed by atoms with Crippen LogP contribution >= 0.6 is 0 Å². The lowest BCUT2D eigenvalue weighted by Gasteiger charge is -2.31. The van der Waals surface area contributed by atoms with Gasteiger partial charge in [-0.2, -0.15) is 0 Å². The number of benzene rings is 2. The van der Waals surface area contributed by atoms with Crippen LogP contribution < -0.4 is 10.6 Å². The van der Waals surface area contributed by atoms with Crippen LogP contribution in [0, 0.1) is 30.4 Å². The molecule has 2 amide bonds. The Morgan fingerprint density at radius 3 is 2.74 bits per heavy atom. The van der Waals surface area contributed by atoms with E-state index in [2.05, 4.69) is 28.4 Å². The molecule has 0 bridgehead atoms. The molecule has 1 aromatic heterocycles. The highest BCUT2D eigenvalue weighted by molar-refractivity contribution is 6.09. The van der Waals surface area contributed by atoms with Crippen molar-refractivity contribution in [1.29, 1.82) is 0 Å². The number of nitrogens with two attached hydrogens (primary N) is 1. The smallest absolute Gasteiger partial charge is 0.261 e. The van der Waals surface area contributed by atoms with Gasteiger partial charge in [0.25, 0.3) is 5.91 Å². The second kappa shape index (κ2) is 10.3. The number of carbonyl (C=O) groups is 2. The van der Waals surface area contributed by atoms with Gasteiger partial charge in [-0.25, -0.2) is 18.7 Å². The monoisotopic (exact) mass is 527 g/mol. The van der Waals surface area contributed by atoms with Gasteiger partial charge in [0.1, 0.15) is 23.8 Å². The molecule has 7 nitrogen and oxygen atoms in total. The van der Waals surface area contributed by atoms with Crippen LogP contribution in [0.25, 0.3) is 11.3 Å². The molecule has 39 heavy (non-hydrogen) atoms. The summed E-state index contributed by atoms with van der Waals surface area (Å²) < 4.78 is 30.2. The Kier molecular flexibility index (Phi) is 6.87. The van der Waals surface area contributed by atoms with Gasteiger partial charge in [-0.1, -0.05) is 24.5 Å². The van der Waals surface area contributed by atoms with Crippen LogP contribution in [-0.4, -0.2) is 46.8 Å². The lowest BCUT2D eigenvalue weighted by Crippen LogP contribution is -2.39. The van der Waals surface area contributed by atoms with Gasteiger partial charge in [-0.3, -0.25) is 9.59 Å². The predicted octanol–water partition coefficient (Wildman–Crippen LogP) is 4.39. The average molecular weight is 528 g/mol. The van der Waals surface area contributed by atoms with Crippen LogP contribution in [0.2, 0.25) is 0 Å². The van der Waals surface area contributed by atoms with Gasteiger partial charge in [0.15, 0.2) is 0 Å². The molecule has 2 aliphatic rings. The summed E-state index contributed by atoms with van der Waals surface area (Å²) in [6, 6.07) is 5.95. The average Bonchev–Trinajstić information content (AvgIpc) is 3.76. The largest absolute Gasteiger partial charge is 0.383 e. The highest BCUT2D eigenvalue weighted by Crippen LogP contribution is 2.42. The van der Waals surface area contributed by atoms with Crippen molar-refractivity contribution in [1.82, 2.24) is 14.9 Å². The van der Waals surface area contributed by atoms with E-state index in [1.807, 2.05) is 6.07 Å². The molecular formula is C30H27F2N5O2. The second-order valence-electron chi connectivity index (χ2n) is 9.80. The maximum absolute atomic E-state index is 15.1. The molecule has 9 heteroatoms. The summed E-state index contributed by atoms with van der Waals surface area (Å²) in [6.45, 7) is 5.58. The highest BCUT2D eigenvalue weighted by atomic mass is 19.1. The maximum atomic E-state index is 15.1. The zero-order valence-electron chi connectivity index (χ0n) is 21.7. The van der Waals surface area contributed by atoms with Crippen molar-refractivity contribution in [3.63, 3.8) is 0 Å². The normalized spacial score (nSPS) is 14.4. The molecule has 2 aromatic carbocycles. The topological polar surface area (TPSA) is 92.4 Å². The summed E-state index contributed by atoms with van der Waals surface area (Å²) in [7, 11) is 1.58. The standard InChI is InChI=1S/C30H27F2N5O2/c1-4-26(38)36(3)10-5-6-22-28(34-16-35-29(22)33)23-14-21(31)15-25(17(23)2)37-11-9-19-12-20(18-7-8-18)13-24(32)27(19)30(37)39/h4,12-16,18H,1,7-11H2,2-3H3,(H2,33,34,35). The van der Waals surface area contributed by atoms with Gasteiger partial charge in [0.05, 0.1) is 29.1 Å². The number of amides is 2. The van der Waals surface area contributed by atoms with E-state index in [4.69, 9.17) is 5.73 Å². The fourth-order valence-electron chi connectivity index (χ4n) is 4.87. The Bertz CT molecular complexity index is 1590. The number of anilines is 2. The molecule has 1 saturated carbocycles. The Morgan fingerprint density at radius 1 is 1.26 bits per heavy atom. The minimum absolute atomic E-state index is 0.0342. The van der Waals surface area contributed by atoms with Crippen molar-refractivity contribution in [2.75, 3.05) is 30.8 Å². The Labute approximate surface area is 225 Å². The van der Waals surface area contributed by atoms with Crippen molar-refractivity contribution >= 4 is 23.3 Å². The van der Waals surface area contributed by atoms with E-state index in [0.29, 0.717) is 34.7 Å². The Morgan fingerprint density at radius 2 is 2.03 bits per heavy atom. The fraction of sp³-hybridized carbons (Fsp3) is 0.267. The Hall–Kier alpha value is -4.58. The maximum Gasteiger partial charge on any atom is 0.261 e. The number of aromatic nitrogens is 2. The third kappa shape index (κ3) is 4.98. The van der Waals surface area contributed by atoms with Gasteiger partial charge in [-0.05, 0) is 73.1 Å². The zero-order valence-corrected chi connectivity index (χ0v) is 21.7. The summed E-state index contributed by atoms with van der Waals surface area (Å²) in [6.07, 6.45) is 4.96. The molecule has 0 spiro atoms. The number of fused-ring (bicyclic) bond motifs is 1. The second-order valence-corrected chi connectivity index (χ2v) is 9.80. The number of rotatable bonds is 5. The molecule has 0 radical (unpaired) electrons. The number of hydrogen-bond acceptors (Lipinski definition) is 5. The minimum atomic E-state index is -0.596. The molecule has 3 aromatic rings.